The van der Waals surface area contributed by atoms with Crippen molar-refractivity contribution in [1.82, 2.24) is 4.90 Å². The van der Waals surface area contributed by atoms with Crippen LogP contribution in [0.4, 0.5) is 5.69 Å². The molecular weight excluding hydrogens is 364 g/mol. The average Bonchev–Trinajstić information content (AvgIpc) is 3.16. The summed E-state index contributed by atoms with van der Waals surface area (Å²) in [6, 6.07) is 11.7. The van der Waals surface area contributed by atoms with E-state index in [1.807, 2.05) is 50.2 Å². The van der Waals surface area contributed by atoms with E-state index in [0.29, 0.717) is 5.56 Å². The van der Waals surface area contributed by atoms with Gasteiger partial charge in [-0.2, -0.15) is 0 Å². The average molecular weight is 392 g/mol. The molecule has 1 N–H and O–H groups in total. The van der Waals surface area contributed by atoms with E-state index >= 15 is 0 Å². The highest BCUT2D eigenvalue weighted by Gasteiger charge is 2.18. The number of anilines is 1. The first-order valence-electron chi connectivity index (χ1n) is 10.1. The molecule has 0 heterocycles. The van der Waals surface area contributed by atoms with Crippen molar-refractivity contribution in [3.8, 4) is 0 Å². The fourth-order valence-corrected chi connectivity index (χ4v) is 3.80. The van der Waals surface area contributed by atoms with Gasteiger partial charge in [0.05, 0.1) is 6.54 Å². The highest BCUT2D eigenvalue weighted by molar-refractivity contribution is 5.99. The van der Waals surface area contributed by atoms with Crippen LogP contribution in [0, 0.1) is 13.8 Å². The van der Waals surface area contributed by atoms with Gasteiger partial charge in [-0.15, -0.1) is 0 Å². The summed E-state index contributed by atoms with van der Waals surface area (Å²) in [4.78, 5) is 38.5. The van der Waals surface area contributed by atoms with E-state index in [9.17, 15) is 14.4 Å². The number of hydrogen-bond acceptors (Lipinski definition) is 3. The second-order valence-corrected chi connectivity index (χ2v) is 7.83. The zero-order chi connectivity index (χ0) is 21.0. The molecule has 0 aromatic heterocycles. The van der Waals surface area contributed by atoms with E-state index in [-0.39, 0.29) is 37.0 Å². The normalized spacial score (nSPS) is 12.4. The predicted octanol–water partition coefficient (Wildman–Crippen LogP) is 3.85. The lowest BCUT2D eigenvalue weighted by Crippen LogP contribution is -2.35. The molecule has 0 spiro atoms. The number of likely N-dealkylation sites (N-methyl/N-ethyl adjacent to an activating group) is 1. The van der Waals surface area contributed by atoms with E-state index in [1.165, 1.54) is 16.0 Å². The van der Waals surface area contributed by atoms with Gasteiger partial charge in [0.15, 0.2) is 5.78 Å². The Morgan fingerprint density at radius 3 is 2.38 bits per heavy atom. The number of rotatable bonds is 7. The van der Waals surface area contributed by atoms with Crippen molar-refractivity contribution in [3.05, 3.63) is 64.2 Å². The van der Waals surface area contributed by atoms with E-state index in [0.717, 1.165) is 36.1 Å². The molecule has 2 amide bonds. The Balaban J connectivity index is 1.50. The minimum Gasteiger partial charge on any atom is -0.336 e. The number of aryl methyl sites for hydroxylation is 4. The molecule has 0 fully saturated rings. The Hall–Kier alpha value is -2.95. The number of Topliss-reactive ketones (excluding diaryl/α,β-unsaturated/α-hetero) is 1. The minimum absolute atomic E-state index is 0.0264. The Labute approximate surface area is 172 Å². The van der Waals surface area contributed by atoms with E-state index in [1.54, 1.807) is 7.05 Å². The summed E-state index contributed by atoms with van der Waals surface area (Å²) in [6.45, 7) is 3.82. The van der Waals surface area contributed by atoms with Crippen molar-refractivity contribution in [2.24, 2.45) is 0 Å². The maximum absolute atomic E-state index is 12.5. The quantitative estimate of drug-likeness (QED) is 0.728. The maximum Gasteiger partial charge on any atom is 0.243 e. The summed E-state index contributed by atoms with van der Waals surface area (Å²) < 4.78 is 0. The molecule has 1 aliphatic rings. The molecule has 0 saturated carbocycles. The van der Waals surface area contributed by atoms with Crippen LogP contribution in [0.3, 0.4) is 0 Å². The number of fused-ring (bicyclic) bond motifs is 1. The van der Waals surface area contributed by atoms with Gasteiger partial charge in [-0.1, -0.05) is 30.3 Å². The zero-order valence-corrected chi connectivity index (χ0v) is 17.4. The third-order valence-electron chi connectivity index (χ3n) is 5.54. The monoisotopic (exact) mass is 392 g/mol. The Morgan fingerprint density at radius 1 is 0.966 bits per heavy atom. The molecule has 5 heteroatoms. The van der Waals surface area contributed by atoms with Crippen molar-refractivity contribution >= 4 is 23.3 Å². The number of nitrogens with zero attached hydrogens (tertiary/aromatic N) is 1. The number of nitrogens with one attached hydrogen (secondary N) is 1. The van der Waals surface area contributed by atoms with Gasteiger partial charge in [-0.3, -0.25) is 14.4 Å². The Morgan fingerprint density at radius 2 is 1.66 bits per heavy atom. The van der Waals surface area contributed by atoms with Crippen LogP contribution in [0.2, 0.25) is 0 Å². The highest BCUT2D eigenvalue weighted by Crippen LogP contribution is 2.23. The Bertz CT molecular complexity index is 929. The second kappa shape index (κ2) is 9.03. The zero-order valence-electron chi connectivity index (χ0n) is 17.4. The van der Waals surface area contributed by atoms with Crippen LogP contribution in [0.5, 0.6) is 0 Å². The molecule has 2 aromatic rings. The minimum atomic E-state index is -0.247. The number of benzene rings is 2. The van der Waals surface area contributed by atoms with Gasteiger partial charge in [0.25, 0.3) is 0 Å². The van der Waals surface area contributed by atoms with Crippen molar-refractivity contribution in [1.29, 1.82) is 0 Å². The van der Waals surface area contributed by atoms with Gasteiger partial charge in [0.2, 0.25) is 11.8 Å². The summed E-state index contributed by atoms with van der Waals surface area (Å²) in [5.41, 5.74) is 5.99. The number of ketones is 1. The van der Waals surface area contributed by atoms with Crippen LogP contribution in [0.15, 0.2) is 36.4 Å². The first-order valence-corrected chi connectivity index (χ1v) is 10.1. The van der Waals surface area contributed by atoms with Gasteiger partial charge in [0, 0.05) is 31.1 Å². The number of carbonyl (C=O) groups excluding carboxylic acids is 3. The van der Waals surface area contributed by atoms with E-state index in [2.05, 4.69) is 5.32 Å². The summed E-state index contributed by atoms with van der Waals surface area (Å²) in [7, 11) is 1.59. The van der Waals surface area contributed by atoms with Crippen LogP contribution in [0.25, 0.3) is 0 Å². The lowest BCUT2D eigenvalue weighted by molar-refractivity contribution is -0.133. The molecule has 0 bridgehead atoms. The lowest BCUT2D eigenvalue weighted by atomic mass is 10.0. The van der Waals surface area contributed by atoms with Gasteiger partial charge < -0.3 is 10.2 Å². The van der Waals surface area contributed by atoms with Gasteiger partial charge in [0.1, 0.15) is 0 Å². The fourth-order valence-electron chi connectivity index (χ4n) is 3.80. The molecule has 29 heavy (non-hydrogen) atoms. The van der Waals surface area contributed by atoms with Crippen molar-refractivity contribution in [3.63, 3.8) is 0 Å². The molecule has 5 nitrogen and oxygen atoms in total. The molecule has 0 unspecified atom stereocenters. The molecule has 0 aliphatic heterocycles. The number of carbonyl (C=O) groups is 3. The molecule has 152 valence electrons. The molecule has 0 radical (unpaired) electrons. The van der Waals surface area contributed by atoms with Gasteiger partial charge >= 0.3 is 0 Å². The number of hydrogen-bond donors (Lipinski definition) is 1. The van der Waals surface area contributed by atoms with Crippen LogP contribution < -0.4 is 5.32 Å². The largest absolute Gasteiger partial charge is 0.336 e. The third kappa shape index (κ3) is 5.11. The molecule has 0 atom stereocenters. The van der Waals surface area contributed by atoms with Crippen LogP contribution in [-0.2, 0) is 22.4 Å². The summed E-state index contributed by atoms with van der Waals surface area (Å²) >= 11 is 0. The van der Waals surface area contributed by atoms with E-state index < -0.39 is 0 Å². The molecule has 3 rings (SSSR count). The molecular formula is C24H28N2O3. The van der Waals surface area contributed by atoms with Crippen molar-refractivity contribution in [2.45, 2.75) is 46.0 Å². The number of amides is 2. The Kier molecular flexibility index (Phi) is 6.47. The van der Waals surface area contributed by atoms with Crippen LogP contribution in [0.1, 0.15) is 51.9 Å². The summed E-state index contributed by atoms with van der Waals surface area (Å²) in [5, 5.41) is 2.88. The van der Waals surface area contributed by atoms with Crippen molar-refractivity contribution in [2.75, 3.05) is 18.9 Å². The SMILES string of the molecule is Cc1cccc(C)c1NC(=O)CN(C)C(=O)CCC(=O)c1ccc2c(c1)CCC2. The van der Waals surface area contributed by atoms with E-state index in [4.69, 9.17) is 0 Å². The fraction of sp³-hybridized carbons (Fsp3) is 0.375. The number of para-hydroxylation sites is 1. The van der Waals surface area contributed by atoms with Crippen LogP contribution in [-0.4, -0.2) is 36.1 Å². The molecule has 2 aromatic carbocycles. The van der Waals surface area contributed by atoms with Gasteiger partial charge in [-0.25, -0.2) is 0 Å². The highest BCUT2D eigenvalue weighted by atomic mass is 16.2. The maximum atomic E-state index is 12.5. The standard InChI is InChI=1S/C24H28N2O3/c1-16-6-4-7-17(2)24(16)25-22(28)15-26(3)23(29)13-12-21(27)20-11-10-18-8-5-9-19(18)14-20/h4,6-7,10-11,14H,5,8-9,12-13,15H2,1-3H3,(H,25,28). The van der Waals surface area contributed by atoms with Crippen LogP contribution >= 0.6 is 0 Å². The lowest BCUT2D eigenvalue weighted by Gasteiger charge is -2.18. The third-order valence-corrected chi connectivity index (χ3v) is 5.54. The van der Waals surface area contributed by atoms with Gasteiger partial charge in [-0.05, 0) is 61.4 Å². The molecule has 1 aliphatic carbocycles. The van der Waals surface area contributed by atoms with Crippen molar-refractivity contribution < 1.29 is 14.4 Å². The topological polar surface area (TPSA) is 66.5 Å². The molecule has 0 saturated heterocycles. The smallest absolute Gasteiger partial charge is 0.243 e. The predicted molar refractivity (Wildman–Crippen MR) is 114 cm³/mol. The summed E-state index contributed by atoms with van der Waals surface area (Å²) in [6.07, 6.45) is 3.49. The first kappa shape index (κ1) is 20.8. The summed E-state index contributed by atoms with van der Waals surface area (Å²) in [5.74, 6) is -0.485. The second-order valence-electron chi connectivity index (χ2n) is 7.83. The first-order chi connectivity index (χ1) is 13.8.